The Labute approximate surface area is 137 Å². The predicted octanol–water partition coefficient (Wildman–Crippen LogP) is 0.243. The van der Waals surface area contributed by atoms with Gasteiger partial charge in [0.1, 0.15) is 12.2 Å². The molecule has 1 saturated carbocycles. The fraction of sp³-hybridized carbons (Fsp3) is 0.812. The Kier molecular flexibility index (Phi) is 4.96. The van der Waals surface area contributed by atoms with Crippen LogP contribution in [0.15, 0.2) is 6.33 Å². The van der Waals surface area contributed by atoms with Crippen molar-refractivity contribution < 1.29 is 9.90 Å². The van der Waals surface area contributed by atoms with Crippen molar-refractivity contribution in [2.75, 3.05) is 19.6 Å². The summed E-state index contributed by atoms with van der Waals surface area (Å²) in [4.78, 5) is 14.2. The highest BCUT2D eigenvalue weighted by atomic mass is 16.3. The Hall–Kier alpha value is -1.47. The van der Waals surface area contributed by atoms with Gasteiger partial charge in [0, 0.05) is 26.1 Å². The number of likely N-dealkylation sites (tertiary alicyclic amines) is 1. The van der Waals surface area contributed by atoms with Gasteiger partial charge in [-0.2, -0.15) is 0 Å². The van der Waals surface area contributed by atoms with Crippen LogP contribution in [0.2, 0.25) is 0 Å². The van der Waals surface area contributed by atoms with E-state index < -0.39 is 5.60 Å². The number of rotatable bonds is 5. The summed E-state index contributed by atoms with van der Waals surface area (Å²) in [6, 6.07) is 0.352. The topological polar surface area (TPSA) is 83.3 Å². The van der Waals surface area contributed by atoms with E-state index in [1.165, 1.54) is 12.8 Å². The Bertz CT molecular complexity index is 540. The van der Waals surface area contributed by atoms with Crippen LogP contribution in [0.4, 0.5) is 0 Å². The molecule has 7 heteroatoms. The molecule has 1 aliphatic carbocycles. The molecule has 0 bridgehead atoms. The number of aromatic nitrogens is 3. The van der Waals surface area contributed by atoms with Crippen molar-refractivity contribution in [1.29, 1.82) is 0 Å². The van der Waals surface area contributed by atoms with Gasteiger partial charge in [-0.05, 0) is 32.2 Å². The number of β-amino-alcohol motifs (C(OH)–C–C–N with tert-alkyl or cyclic N) is 1. The standard InChI is InChI=1S/C16H27N5O2/c1-20-12-17-19-14(20)9-16(23)7-4-8-21(11-16)10-15(22)18-13-5-2-3-6-13/h12-13,23H,2-11H2,1H3,(H,18,22). The molecular weight excluding hydrogens is 294 g/mol. The molecule has 2 fully saturated rings. The molecule has 1 saturated heterocycles. The van der Waals surface area contributed by atoms with Crippen molar-refractivity contribution in [3.05, 3.63) is 12.2 Å². The highest BCUT2D eigenvalue weighted by Crippen LogP contribution is 2.24. The second kappa shape index (κ2) is 6.97. The van der Waals surface area contributed by atoms with Crippen LogP contribution in [0.1, 0.15) is 44.3 Å². The van der Waals surface area contributed by atoms with Gasteiger partial charge in [0.2, 0.25) is 5.91 Å². The van der Waals surface area contributed by atoms with Gasteiger partial charge in [-0.25, -0.2) is 0 Å². The number of aryl methyl sites for hydroxylation is 1. The molecule has 2 N–H and O–H groups in total. The predicted molar refractivity (Wildman–Crippen MR) is 85.7 cm³/mol. The van der Waals surface area contributed by atoms with Gasteiger partial charge in [0.05, 0.1) is 12.1 Å². The third-order valence-electron chi connectivity index (χ3n) is 5.01. The van der Waals surface area contributed by atoms with E-state index in [4.69, 9.17) is 0 Å². The van der Waals surface area contributed by atoms with E-state index in [9.17, 15) is 9.90 Å². The van der Waals surface area contributed by atoms with Gasteiger partial charge in [0.15, 0.2) is 0 Å². The van der Waals surface area contributed by atoms with Crippen molar-refractivity contribution in [3.63, 3.8) is 0 Å². The summed E-state index contributed by atoms with van der Waals surface area (Å²) in [5.41, 5.74) is -0.827. The average Bonchev–Trinajstić information content (AvgIpc) is 3.11. The largest absolute Gasteiger partial charge is 0.388 e. The number of piperidine rings is 1. The van der Waals surface area contributed by atoms with Crippen molar-refractivity contribution >= 4 is 5.91 Å². The van der Waals surface area contributed by atoms with Crippen LogP contribution >= 0.6 is 0 Å². The highest BCUT2D eigenvalue weighted by Gasteiger charge is 2.35. The molecule has 1 aromatic heterocycles. The number of hydrogen-bond acceptors (Lipinski definition) is 5. The smallest absolute Gasteiger partial charge is 0.234 e. The lowest BCUT2D eigenvalue weighted by Gasteiger charge is -2.38. The zero-order valence-electron chi connectivity index (χ0n) is 13.9. The molecule has 3 rings (SSSR count). The molecule has 1 unspecified atom stereocenters. The first kappa shape index (κ1) is 16.4. The van der Waals surface area contributed by atoms with Crippen molar-refractivity contribution in [1.82, 2.24) is 25.0 Å². The SMILES string of the molecule is Cn1cnnc1CC1(O)CCCN(CC(=O)NC2CCCC2)C1. The van der Waals surface area contributed by atoms with Gasteiger partial charge in [-0.3, -0.25) is 9.69 Å². The van der Waals surface area contributed by atoms with Gasteiger partial charge in [-0.15, -0.1) is 10.2 Å². The van der Waals surface area contributed by atoms with Crippen LogP contribution in [0.3, 0.4) is 0 Å². The third-order valence-corrected chi connectivity index (χ3v) is 5.01. The number of nitrogens with zero attached hydrogens (tertiary/aromatic N) is 4. The number of carbonyl (C=O) groups excluding carboxylic acids is 1. The molecule has 23 heavy (non-hydrogen) atoms. The van der Waals surface area contributed by atoms with E-state index in [0.717, 1.165) is 38.1 Å². The fourth-order valence-corrected chi connectivity index (χ4v) is 3.79. The maximum absolute atomic E-state index is 12.2. The summed E-state index contributed by atoms with van der Waals surface area (Å²) in [6.07, 6.45) is 8.38. The van der Waals surface area contributed by atoms with E-state index in [2.05, 4.69) is 20.4 Å². The summed E-state index contributed by atoms with van der Waals surface area (Å²) >= 11 is 0. The molecular formula is C16H27N5O2. The average molecular weight is 321 g/mol. The number of carbonyl (C=O) groups is 1. The zero-order valence-corrected chi connectivity index (χ0v) is 13.9. The van der Waals surface area contributed by atoms with E-state index in [1.807, 2.05) is 11.6 Å². The van der Waals surface area contributed by atoms with Crippen molar-refractivity contribution in [3.8, 4) is 0 Å². The van der Waals surface area contributed by atoms with E-state index in [0.29, 0.717) is 25.6 Å². The van der Waals surface area contributed by atoms with Crippen LogP contribution in [0, 0.1) is 0 Å². The normalized spacial score (nSPS) is 26.5. The molecule has 0 radical (unpaired) electrons. The van der Waals surface area contributed by atoms with E-state index in [1.54, 1.807) is 6.33 Å². The Morgan fingerprint density at radius 3 is 2.91 bits per heavy atom. The van der Waals surface area contributed by atoms with Crippen LogP contribution in [-0.2, 0) is 18.3 Å². The summed E-state index contributed by atoms with van der Waals surface area (Å²) in [6.45, 7) is 1.74. The second-order valence-electron chi connectivity index (χ2n) is 7.12. The minimum Gasteiger partial charge on any atom is -0.388 e. The quantitative estimate of drug-likeness (QED) is 0.812. The van der Waals surface area contributed by atoms with Crippen molar-refractivity contribution in [2.45, 2.75) is 56.6 Å². The molecule has 2 heterocycles. The molecule has 1 atom stereocenters. The highest BCUT2D eigenvalue weighted by molar-refractivity contribution is 5.78. The van der Waals surface area contributed by atoms with Gasteiger partial charge >= 0.3 is 0 Å². The van der Waals surface area contributed by atoms with Gasteiger partial charge < -0.3 is 15.0 Å². The van der Waals surface area contributed by atoms with Crippen LogP contribution in [0.25, 0.3) is 0 Å². The lowest BCUT2D eigenvalue weighted by Crippen LogP contribution is -2.52. The molecule has 0 spiro atoms. The summed E-state index contributed by atoms with van der Waals surface area (Å²) < 4.78 is 1.84. The van der Waals surface area contributed by atoms with Crippen molar-refractivity contribution in [2.24, 2.45) is 7.05 Å². The van der Waals surface area contributed by atoms with Gasteiger partial charge in [-0.1, -0.05) is 12.8 Å². The number of amides is 1. The number of nitrogens with one attached hydrogen (secondary N) is 1. The summed E-state index contributed by atoms with van der Waals surface area (Å²) in [5.74, 6) is 0.865. The molecule has 7 nitrogen and oxygen atoms in total. The van der Waals surface area contributed by atoms with E-state index >= 15 is 0 Å². The monoisotopic (exact) mass is 321 g/mol. The molecule has 0 aromatic carbocycles. The third kappa shape index (κ3) is 4.29. The molecule has 1 aromatic rings. The first-order valence-corrected chi connectivity index (χ1v) is 8.61. The van der Waals surface area contributed by atoms with Crippen LogP contribution in [-0.4, -0.2) is 62.0 Å². The Balaban J connectivity index is 1.52. The number of aliphatic hydroxyl groups is 1. The first-order chi connectivity index (χ1) is 11.0. The zero-order chi connectivity index (χ0) is 16.3. The maximum Gasteiger partial charge on any atom is 0.234 e. The van der Waals surface area contributed by atoms with Crippen LogP contribution in [0.5, 0.6) is 0 Å². The molecule has 128 valence electrons. The number of hydrogen-bond donors (Lipinski definition) is 2. The summed E-state index contributed by atoms with van der Waals surface area (Å²) in [5, 5.41) is 21.9. The molecule has 1 amide bonds. The lowest BCUT2D eigenvalue weighted by molar-refractivity contribution is -0.124. The fourth-order valence-electron chi connectivity index (χ4n) is 3.79. The molecule has 1 aliphatic heterocycles. The Morgan fingerprint density at radius 1 is 1.43 bits per heavy atom. The molecule has 2 aliphatic rings. The second-order valence-corrected chi connectivity index (χ2v) is 7.12. The van der Waals surface area contributed by atoms with E-state index in [-0.39, 0.29) is 5.91 Å². The lowest BCUT2D eigenvalue weighted by atomic mass is 9.89. The summed E-state index contributed by atoms with van der Waals surface area (Å²) in [7, 11) is 1.88. The minimum atomic E-state index is -0.827. The van der Waals surface area contributed by atoms with Gasteiger partial charge in [0.25, 0.3) is 0 Å². The first-order valence-electron chi connectivity index (χ1n) is 8.61. The van der Waals surface area contributed by atoms with Crippen LogP contribution < -0.4 is 5.32 Å². The Morgan fingerprint density at radius 2 is 2.22 bits per heavy atom. The maximum atomic E-state index is 12.2. The minimum absolute atomic E-state index is 0.0832.